The van der Waals surface area contributed by atoms with Gasteiger partial charge in [0.25, 0.3) is 0 Å². The van der Waals surface area contributed by atoms with Gasteiger partial charge in [-0.3, -0.25) is 0 Å². The molecule has 0 amide bonds. The number of aromatic nitrogens is 2. The summed E-state index contributed by atoms with van der Waals surface area (Å²) in [6.07, 6.45) is 2.91. The summed E-state index contributed by atoms with van der Waals surface area (Å²) in [5.41, 5.74) is 3.29. The summed E-state index contributed by atoms with van der Waals surface area (Å²) >= 11 is 0. The fraction of sp³-hybridized carbons (Fsp3) is 0.412. The van der Waals surface area contributed by atoms with Gasteiger partial charge in [-0.1, -0.05) is 19.1 Å². The monoisotopic (exact) mass is 283 g/mol. The molecule has 0 fully saturated rings. The van der Waals surface area contributed by atoms with Crippen LogP contribution >= 0.6 is 0 Å². The molecule has 2 aromatic rings. The molecule has 4 heteroatoms. The van der Waals surface area contributed by atoms with E-state index in [0.717, 1.165) is 61.1 Å². The van der Waals surface area contributed by atoms with Gasteiger partial charge in [0, 0.05) is 31.0 Å². The third kappa shape index (κ3) is 2.84. The predicted octanol–water partition coefficient (Wildman–Crippen LogP) is 3.46. The Hall–Kier alpha value is -2.10. The van der Waals surface area contributed by atoms with Crippen molar-refractivity contribution in [1.82, 2.24) is 9.97 Å². The molecule has 1 aliphatic rings. The minimum atomic E-state index is 0.763. The van der Waals surface area contributed by atoms with Crippen molar-refractivity contribution in [3.63, 3.8) is 0 Å². The van der Waals surface area contributed by atoms with Gasteiger partial charge >= 0.3 is 0 Å². The Labute approximate surface area is 125 Å². The molecule has 4 nitrogen and oxygen atoms in total. The quantitative estimate of drug-likeness (QED) is 0.913. The molecule has 1 aliphatic heterocycles. The first-order valence-corrected chi connectivity index (χ1v) is 7.68. The number of ether oxygens (including phenoxy) is 1. The lowest BCUT2D eigenvalue weighted by molar-refractivity contribution is 0.358. The molecule has 0 unspecified atom stereocenters. The molecule has 21 heavy (non-hydrogen) atoms. The summed E-state index contributed by atoms with van der Waals surface area (Å²) in [5, 5.41) is 3.29. The lowest BCUT2D eigenvalue weighted by Gasteiger charge is -2.11. The number of para-hydroxylation sites is 1. The van der Waals surface area contributed by atoms with Gasteiger partial charge in [-0.2, -0.15) is 0 Å². The summed E-state index contributed by atoms with van der Waals surface area (Å²) in [6, 6.07) is 8.31. The van der Waals surface area contributed by atoms with E-state index in [9.17, 15) is 0 Å². The SMILES string of the molecule is CCCc1nc(NCC)cc(-c2cccc3c2OCC3)n1. The van der Waals surface area contributed by atoms with Crippen LogP contribution in [0.1, 0.15) is 31.7 Å². The van der Waals surface area contributed by atoms with Gasteiger partial charge in [-0.05, 0) is 25.0 Å². The zero-order valence-corrected chi connectivity index (χ0v) is 12.6. The first-order valence-electron chi connectivity index (χ1n) is 7.68. The van der Waals surface area contributed by atoms with Gasteiger partial charge in [-0.15, -0.1) is 0 Å². The van der Waals surface area contributed by atoms with Gasteiger partial charge in [0.05, 0.1) is 12.3 Å². The number of nitrogens with one attached hydrogen (secondary N) is 1. The predicted molar refractivity (Wildman–Crippen MR) is 84.8 cm³/mol. The first kappa shape index (κ1) is 13.9. The van der Waals surface area contributed by atoms with Crippen LogP contribution in [0.2, 0.25) is 0 Å². The van der Waals surface area contributed by atoms with Crippen molar-refractivity contribution in [2.45, 2.75) is 33.1 Å². The lowest BCUT2D eigenvalue weighted by atomic mass is 10.1. The van der Waals surface area contributed by atoms with Crippen LogP contribution in [0.5, 0.6) is 5.75 Å². The second-order valence-electron chi connectivity index (χ2n) is 5.23. The third-order valence-corrected chi connectivity index (χ3v) is 3.59. The molecule has 0 saturated carbocycles. The Bertz CT molecular complexity index is 616. The maximum atomic E-state index is 5.80. The standard InChI is InChI=1S/C17H21N3O/c1-3-6-15-19-14(11-16(20-15)18-4-2)13-8-5-7-12-9-10-21-17(12)13/h5,7-8,11H,3-4,6,9-10H2,1-2H3,(H,18,19,20). The fourth-order valence-electron chi connectivity index (χ4n) is 2.66. The van der Waals surface area contributed by atoms with Crippen LogP contribution in [0.4, 0.5) is 5.82 Å². The molecule has 0 spiro atoms. The molecule has 0 bridgehead atoms. The second kappa shape index (κ2) is 6.12. The normalized spacial score (nSPS) is 12.9. The molecule has 1 aromatic heterocycles. The summed E-state index contributed by atoms with van der Waals surface area (Å²) < 4.78 is 5.80. The Balaban J connectivity index is 2.07. The zero-order chi connectivity index (χ0) is 14.7. The Morgan fingerprint density at radius 1 is 1.24 bits per heavy atom. The largest absolute Gasteiger partial charge is 0.492 e. The molecule has 2 heterocycles. The Kier molecular flexibility index (Phi) is 4.04. The van der Waals surface area contributed by atoms with Crippen molar-refractivity contribution in [2.75, 3.05) is 18.5 Å². The number of rotatable bonds is 5. The van der Waals surface area contributed by atoms with E-state index >= 15 is 0 Å². The number of benzene rings is 1. The van der Waals surface area contributed by atoms with Gasteiger partial charge in [0.2, 0.25) is 0 Å². The maximum Gasteiger partial charge on any atom is 0.132 e. The van der Waals surface area contributed by atoms with E-state index in [4.69, 9.17) is 9.72 Å². The van der Waals surface area contributed by atoms with Crippen LogP contribution in [0, 0.1) is 0 Å². The number of nitrogens with zero attached hydrogens (tertiary/aromatic N) is 2. The molecule has 0 aliphatic carbocycles. The Morgan fingerprint density at radius 3 is 2.95 bits per heavy atom. The third-order valence-electron chi connectivity index (χ3n) is 3.59. The fourth-order valence-corrected chi connectivity index (χ4v) is 2.66. The highest BCUT2D eigenvalue weighted by Gasteiger charge is 2.18. The highest BCUT2D eigenvalue weighted by molar-refractivity contribution is 5.71. The Morgan fingerprint density at radius 2 is 2.14 bits per heavy atom. The van der Waals surface area contributed by atoms with Gasteiger partial charge < -0.3 is 10.1 Å². The molecule has 3 rings (SSSR count). The van der Waals surface area contributed by atoms with Gasteiger partial charge in [0.15, 0.2) is 0 Å². The topological polar surface area (TPSA) is 47.0 Å². The average Bonchev–Trinajstić information content (AvgIpc) is 2.96. The number of fused-ring (bicyclic) bond motifs is 1. The molecular formula is C17H21N3O. The highest BCUT2D eigenvalue weighted by atomic mass is 16.5. The minimum absolute atomic E-state index is 0.763. The molecular weight excluding hydrogens is 262 g/mol. The molecule has 1 aromatic carbocycles. The summed E-state index contributed by atoms with van der Waals surface area (Å²) in [6.45, 7) is 5.83. The molecule has 110 valence electrons. The average molecular weight is 283 g/mol. The molecule has 0 saturated heterocycles. The van der Waals surface area contributed by atoms with E-state index in [1.807, 2.05) is 6.07 Å². The van der Waals surface area contributed by atoms with E-state index < -0.39 is 0 Å². The maximum absolute atomic E-state index is 5.80. The van der Waals surface area contributed by atoms with Crippen LogP contribution in [-0.2, 0) is 12.8 Å². The van der Waals surface area contributed by atoms with E-state index in [-0.39, 0.29) is 0 Å². The zero-order valence-electron chi connectivity index (χ0n) is 12.6. The van der Waals surface area contributed by atoms with Crippen molar-refractivity contribution in [2.24, 2.45) is 0 Å². The van der Waals surface area contributed by atoms with E-state index in [1.54, 1.807) is 0 Å². The number of aryl methyl sites for hydroxylation is 1. The van der Waals surface area contributed by atoms with Gasteiger partial charge in [-0.25, -0.2) is 9.97 Å². The lowest BCUT2D eigenvalue weighted by Crippen LogP contribution is -2.05. The van der Waals surface area contributed by atoms with Crippen LogP contribution in [-0.4, -0.2) is 23.1 Å². The van der Waals surface area contributed by atoms with Crippen molar-refractivity contribution in [1.29, 1.82) is 0 Å². The van der Waals surface area contributed by atoms with Crippen LogP contribution in [0.3, 0.4) is 0 Å². The second-order valence-corrected chi connectivity index (χ2v) is 5.23. The van der Waals surface area contributed by atoms with Crippen molar-refractivity contribution in [3.05, 3.63) is 35.7 Å². The number of hydrogen-bond acceptors (Lipinski definition) is 4. The summed E-state index contributed by atoms with van der Waals surface area (Å²) in [7, 11) is 0. The molecule has 1 N–H and O–H groups in total. The van der Waals surface area contributed by atoms with E-state index in [1.165, 1.54) is 5.56 Å². The number of hydrogen-bond donors (Lipinski definition) is 1. The molecule has 0 radical (unpaired) electrons. The van der Waals surface area contributed by atoms with Crippen molar-refractivity contribution >= 4 is 5.82 Å². The first-order chi connectivity index (χ1) is 10.3. The minimum Gasteiger partial charge on any atom is -0.492 e. The van der Waals surface area contributed by atoms with E-state index in [0.29, 0.717) is 0 Å². The van der Waals surface area contributed by atoms with Crippen LogP contribution < -0.4 is 10.1 Å². The van der Waals surface area contributed by atoms with Gasteiger partial charge in [0.1, 0.15) is 17.4 Å². The van der Waals surface area contributed by atoms with Crippen molar-refractivity contribution in [3.8, 4) is 17.0 Å². The highest BCUT2D eigenvalue weighted by Crippen LogP contribution is 2.36. The van der Waals surface area contributed by atoms with Crippen LogP contribution in [0.25, 0.3) is 11.3 Å². The smallest absolute Gasteiger partial charge is 0.132 e. The number of anilines is 1. The molecule has 0 atom stereocenters. The van der Waals surface area contributed by atoms with Crippen LogP contribution in [0.15, 0.2) is 24.3 Å². The van der Waals surface area contributed by atoms with Crippen molar-refractivity contribution < 1.29 is 4.74 Å². The van der Waals surface area contributed by atoms with E-state index in [2.05, 4.69) is 42.3 Å². The summed E-state index contributed by atoms with van der Waals surface area (Å²) in [4.78, 5) is 9.29. The summed E-state index contributed by atoms with van der Waals surface area (Å²) in [5.74, 6) is 2.77.